The number of hydrogen-bond acceptors (Lipinski definition) is 3. The van der Waals surface area contributed by atoms with Crippen LogP contribution in [-0.4, -0.2) is 25.3 Å². The minimum absolute atomic E-state index is 0.126. The van der Waals surface area contributed by atoms with Crippen LogP contribution in [0.4, 0.5) is 11.4 Å². The van der Waals surface area contributed by atoms with Gasteiger partial charge in [-0.15, -0.1) is 0 Å². The van der Waals surface area contributed by atoms with Crippen molar-refractivity contribution in [2.24, 2.45) is 0 Å². The minimum atomic E-state index is 0.126. The zero-order valence-corrected chi connectivity index (χ0v) is 15.6. The van der Waals surface area contributed by atoms with E-state index in [1.807, 2.05) is 0 Å². The second-order valence-electron chi connectivity index (χ2n) is 7.65. The van der Waals surface area contributed by atoms with Gasteiger partial charge < -0.3 is 15.0 Å². The first-order valence-corrected chi connectivity index (χ1v) is 9.39. The van der Waals surface area contributed by atoms with Gasteiger partial charge in [-0.1, -0.05) is 31.2 Å². The molecule has 3 nitrogen and oxygen atoms in total. The van der Waals surface area contributed by atoms with Crippen molar-refractivity contribution in [1.82, 2.24) is 0 Å². The standard InChI is InChI=1S/C22H28N2O/c1-4-22(14-25-15-22)23-21-16(2)11-20(12-17(21)3)24-10-9-18-7-5-6-8-19(18)13-24/h5-8,11-12,23H,4,9-10,13-15H2,1-3H3. The summed E-state index contributed by atoms with van der Waals surface area (Å²) in [5, 5.41) is 3.78. The first-order chi connectivity index (χ1) is 12.1. The molecule has 2 aromatic rings. The van der Waals surface area contributed by atoms with Crippen molar-refractivity contribution in [1.29, 1.82) is 0 Å². The van der Waals surface area contributed by atoms with E-state index >= 15 is 0 Å². The SMILES string of the molecule is CCC1(Nc2c(C)cc(N3CCc4ccccc4C3)cc2C)COC1. The molecule has 2 aromatic carbocycles. The molecule has 4 rings (SSSR count). The van der Waals surface area contributed by atoms with Gasteiger partial charge in [-0.3, -0.25) is 0 Å². The van der Waals surface area contributed by atoms with Crippen molar-refractivity contribution in [3.8, 4) is 0 Å². The molecule has 1 fully saturated rings. The topological polar surface area (TPSA) is 24.5 Å². The number of anilines is 2. The Morgan fingerprint density at radius 2 is 1.76 bits per heavy atom. The Bertz CT molecular complexity index is 751. The third-order valence-electron chi connectivity index (χ3n) is 5.84. The molecule has 2 aliphatic heterocycles. The van der Waals surface area contributed by atoms with E-state index in [9.17, 15) is 0 Å². The third kappa shape index (κ3) is 3.02. The Labute approximate surface area is 151 Å². The highest BCUT2D eigenvalue weighted by molar-refractivity contribution is 5.66. The van der Waals surface area contributed by atoms with E-state index in [2.05, 4.69) is 67.4 Å². The molecule has 3 heteroatoms. The van der Waals surface area contributed by atoms with Crippen molar-refractivity contribution in [2.45, 2.75) is 45.7 Å². The lowest BCUT2D eigenvalue weighted by Gasteiger charge is -2.43. The predicted molar refractivity (Wildman–Crippen MR) is 105 cm³/mol. The van der Waals surface area contributed by atoms with E-state index in [1.165, 1.54) is 33.6 Å². The molecule has 0 amide bonds. The average Bonchev–Trinajstić information content (AvgIpc) is 2.59. The van der Waals surface area contributed by atoms with Crippen LogP contribution in [-0.2, 0) is 17.7 Å². The van der Waals surface area contributed by atoms with Gasteiger partial charge in [0.15, 0.2) is 0 Å². The third-order valence-corrected chi connectivity index (χ3v) is 5.84. The van der Waals surface area contributed by atoms with E-state index in [0.29, 0.717) is 0 Å². The lowest BCUT2D eigenvalue weighted by Crippen LogP contribution is -2.55. The Balaban J connectivity index is 1.58. The summed E-state index contributed by atoms with van der Waals surface area (Å²) in [6.07, 6.45) is 2.22. The van der Waals surface area contributed by atoms with Crippen LogP contribution in [0.2, 0.25) is 0 Å². The van der Waals surface area contributed by atoms with E-state index < -0.39 is 0 Å². The fourth-order valence-electron chi connectivity index (χ4n) is 4.01. The molecule has 25 heavy (non-hydrogen) atoms. The maximum atomic E-state index is 5.46. The molecular weight excluding hydrogens is 308 g/mol. The second kappa shape index (κ2) is 6.38. The average molecular weight is 336 g/mol. The highest BCUT2D eigenvalue weighted by Crippen LogP contribution is 2.34. The first kappa shape index (κ1) is 16.5. The van der Waals surface area contributed by atoms with Gasteiger partial charge in [-0.25, -0.2) is 0 Å². The van der Waals surface area contributed by atoms with Gasteiger partial charge in [-0.05, 0) is 61.1 Å². The van der Waals surface area contributed by atoms with Gasteiger partial charge in [0, 0.05) is 24.5 Å². The monoisotopic (exact) mass is 336 g/mol. The van der Waals surface area contributed by atoms with Crippen LogP contribution in [0, 0.1) is 13.8 Å². The summed E-state index contributed by atoms with van der Waals surface area (Å²) < 4.78 is 5.46. The van der Waals surface area contributed by atoms with Crippen molar-refractivity contribution < 1.29 is 4.74 Å². The predicted octanol–water partition coefficient (Wildman–Crippen LogP) is 4.46. The van der Waals surface area contributed by atoms with Gasteiger partial charge in [-0.2, -0.15) is 0 Å². The van der Waals surface area contributed by atoms with Crippen molar-refractivity contribution in [3.63, 3.8) is 0 Å². The van der Waals surface area contributed by atoms with Crippen LogP contribution in [0.15, 0.2) is 36.4 Å². The minimum Gasteiger partial charge on any atom is -0.376 e. The number of nitrogens with one attached hydrogen (secondary N) is 1. The summed E-state index contributed by atoms with van der Waals surface area (Å²) in [6.45, 7) is 10.4. The number of nitrogens with zero attached hydrogens (tertiary/aromatic N) is 1. The zero-order valence-electron chi connectivity index (χ0n) is 15.6. The number of hydrogen-bond donors (Lipinski definition) is 1. The summed E-state index contributed by atoms with van der Waals surface area (Å²) in [6, 6.07) is 13.5. The number of rotatable bonds is 4. The molecule has 1 saturated heterocycles. The number of benzene rings is 2. The molecule has 0 spiro atoms. The van der Waals surface area contributed by atoms with Crippen molar-refractivity contribution in [3.05, 3.63) is 58.7 Å². The van der Waals surface area contributed by atoms with Gasteiger partial charge in [0.2, 0.25) is 0 Å². The van der Waals surface area contributed by atoms with Crippen molar-refractivity contribution >= 4 is 11.4 Å². The summed E-state index contributed by atoms with van der Waals surface area (Å²) >= 11 is 0. The highest BCUT2D eigenvalue weighted by Gasteiger charge is 2.37. The Hall–Kier alpha value is -2.00. The van der Waals surface area contributed by atoms with Crippen LogP contribution in [0.25, 0.3) is 0 Å². The quantitative estimate of drug-likeness (QED) is 0.892. The fraction of sp³-hybridized carbons (Fsp3) is 0.455. The molecule has 0 atom stereocenters. The molecule has 0 radical (unpaired) electrons. The van der Waals surface area contributed by atoms with Crippen LogP contribution >= 0.6 is 0 Å². The molecule has 0 aliphatic carbocycles. The van der Waals surface area contributed by atoms with E-state index in [1.54, 1.807) is 0 Å². The van der Waals surface area contributed by atoms with Crippen LogP contribution in [0.1, 0.15) is 35.6 Å². The lowest BCUT2D eigenvalue weighted by atomic mass is 9.92. The summed E-state index contributed by atoms with van der Waals surface area (Å²) in [7, 11) is 0. The van der Waals surface area contributed by atoms with E-state index in [-0.39, 0.29) is 5.54 Å². The molecule has 0 bridgehead atoms. The van der Waals surface area contributed by atoms with E-state index in [0.717, 1.165) is 39.1 Å². The summed E-state index contributed by atoms with van der Waals surface area (Å²) in [4.78, 5) is 2.51. The smallest absolute Gasteiger partial charge is 0.0837 e. The first-order valence-electron chi connectivity index (χ1n) is 9.39. The zero-order chi connectivity index (χ0) is 17.4. The van der Waals surface area contributed by atoms with Crippen LogP contribution in [0.3, 0.4) is 0 Å². The summed E-state index contributed by atoms with van der Waals surface area (Å²) in [5.41, 5.74) is 8.36. The Morgan fingerprint density at radius 3 is 2.36 bits per heavy atom. The largest absolute Gasteiger partial charge is 0.376 e. The van der Waals surface area contributed by atoms with Crippen LogP contribution < -0.4 is 10.2 Å². The second-order valence-corrected chi connectivity index (χ2v) is 7.65. The van der Waals surface area contributed by atoms with Gasteiger partial charge in [0.1, 0.15) is 0 Å². The molecule has 0 saturated carbocycles. The molecule has 2 heterocycles. The van der Waals surface area contributed by atoms with Gasteiger partial charge in [0.25, 0.3) is 0 Å². The lowest BCUT2D eigenvalue weighted by molar-refractivity contribution is -0.0430. The number of ether oxygens (including phenoxy) is 1. The Morgan fingerprint density at radius 1 is 1.08 bits per heavy atom. The number of fused-ring (bicyclic) bond motifs is 1. The molecule has 1 N–H and O–H groups in total. The van der Waals surface area contributed by atoms with Gasteiger partial charge in [0.05, 0.1) is 18.8 Å². The van der Waals surface area contributed by atoms with Crippen molar-refractivity contribution in [2.75, 3.05) is 30.0 Å². The maximum absolute atomic E-state index is 5.46. The summed E-state index contributed by atoms with van der Waals surface area (Å²) in [5.74, 6) is 0. The molecular formula is C22H28N2O. The number of aryl methyl sites for hydroxylation is 2. The fourth-order valence-corrected chi connectivity index (χ4v) is 4.01. The van der Waals surface area contributed by atoms with Gasteiger partial charge >= 0.3 is 0 Å². The molecule has 132 valence electrons. The molecule has 0 aromatic heterocycles. The normalized spacial score (nSPS) is 18.4. The highest BCUT2D eigenvalue weighted by atomic mass is 16.5. The molecule has 2 aliphatic rings. The van der Waals surface area contributed by atoms with Crippen LogP contribution in [0.5, 0.6) is 0 Å². The van der Waals surface area contributed by atoms with E-state index in [4.69, 9.17) is 4.74 Å². The maximum Gasteiger partial charge on any atom is 0.0837 e. The molecule has 0 unspecified atom stereocenters. The Kier molecular flexibility index (Phi) is 4.20.